The number of rotatable bonds is 6. The van der Waals surface area contributed by atoms with Crippen LogP contribution in [-0.4, -0.2) is 30.7 Å². The highest BCUT2D eigenvalue weighted by molar-refractivity contribution is 5.82. The highest BCUT2D eigenvalue weighted by Crippen LogP contribution is 1.99. The van der Waals surface area contributed by atoms with Crippen molar-refractivity contribution in [1.82, 2.24) is 0 Å². The van der Waals surface area contributed by atoms with Crippen molar-refractivity contribution >= 4 is 5.78 Å². The van der Waals surface area contributed by atoms with Gasteiger partial charge in [-0.15, -0.1) is 0 Å². The molecule has 11 heavy (non-hydrogen) atoms. The molecule has 1 N–H and O–H groups in total. The molecule has 0 fully saturated rings. The van der Waals surface area contributed by atoms with E-state index in [9.17, 15) is 4.79 Å². The summed E-state index contributed by atoms with van der Waals surface area (Å²) in [5, 5.41) is 9.04. The fraction of sp³-hybridized carbons (Fsp3) is 0.875. The lowest BCUT2D eigenvalue weighted by atomic mass is 10.1. The molecule has 0 rings (SSSR count). The third-order valence-electron chi connectivity index (χ3n) is 1.53. The molecule has 1 unspecified atom stereocenters. The smallest absolute Gasteiger partial charge is 0.161 e. The SMILES string of the molecule is CCC(O)C(=O)CCCOC. The maximum Gasteiger partial charge on any atom is 0.161 e. The Morgan fingerprint density at radius 2 is 2.27 bits per heavy atom. The second-order valence-corrected chi connectivity index (χ2v) is 2.49. The summed E-state index contributed by atoms with van der Waals surface area (Å²) in [7, 11) is 1.60. The normalized spacial score (nSPS) is 13.0. The zero-order valence-electron chi connectivity index (χ0n) is 7.17. The molecular weight excluding hydrogens is 144 g/mol. The van der Waals surface area contributed by atoms with Crippen molar-refractivity contribution in [1.29, 1.82) is 0 Å². The Morgan fingerprint density at radius 3 is 2.73 bits per heavy atom. The van der Waals surface area contributed by atoms with Gasteiger partial charge in [0.25, 0.3) is 0 Å². The van der Waals surface area contributed by atoms with E-state index in [4.69, 9.17) is 9.84 Å². The Bertz CT molecular complexity index is 112. The van der Waals surface area contributed by atoms with Crippen LogP contribution >= 0.6 is 0 Å². The first kappa shape index (κ1) is 10.6. The number of carbonyl (C=O) groups is 1. The molecule has 0 heterocycles. The van der Waals surface area contributed by atoms with E-state index in [-0.39, 0.29) is 5.78 Å². The summed E-state index contributed by atoms with van der Waals surface area (Å²) in [6.07, 6.45) is 0.855. The van der Waals surface area contributed by atoms with Gasteiger partial charge in [0, 0.05) is 20.1 Å². The van der Waals surface area contributed by atoms with E-state index in [1.807, 2.05) is 0 Å². The third-order valence-corrected chi connectivity index (χ3v) is 1.53. The predicted octanol–water partition coefficient (Wildman–Crippen LogP) is 0.753. The molecule has 0 aromatic carbocycles. The van der Waals surface area contributed by atoms with Crippen LogP contribution in [0.5, 0.6) is 0 Å². The fourth-order valence-corrected chi connectivity index (χ4v) is 0.785. The molecule has 0 aliphatic carbocycles. The lowest BCUT2D eigenvalue weighted by Gasteiger charge is -2.05. The first-order chi connectivity index (χ1) is 5.22. The summed E-state index contributed by atoms with van der Waals surface area (Å²) in [6.45, 7) is 2.38. The Kier molecular flexibility index (Phi) is 6.07. The lowest BCUT2D eigenvalue weighted by molar-refractivity contribution is -0.127. The van der Waals surface area contributed by atoms with Gasteiger partial charge in [0.1, 0.15) is 6.10 Å². The highest BCUT2D eigenvalue weighted by atomic mass is 16.5. The molecule has 0 saturated heterocycles. The van der Waals surface area contributed by atoms with Gasteiger partial charge in [-0.05, 0) is 12.8 Å². The molecule has 0 aliphatic rings. The van der Waals surface area contributed by atoms with Gasteiger partial charge in [0.2, 0.25) is 0 Å². The van der Waals surface area contributed by atoms with Crippen LogP contribution in [0.3, 0.4) is 0 Å². The van der Waals surface area contributed by atoms with E-state index in [2.05, 4.69) is 0 Å². The summed E-state index contributed by atoms with van der Waals surface area (Å²) >= 11 is 0. The van der Waals surface area contributed by atoms with Gasteiger partial charge in [0.05, 0.1) is 0 Å². The largest absolute Gasteiger partial charge is 0.385 e. The molecule has 66 valence electrons. The first-order valence-corrected chi connectivity index (χ1v) is 3.92. The van der Waals surface area contributed by atoms with Gasteiger partial charge >= 0.3 is 0 Å². The van der Waals surface area contributed by atoms with Crippen molar-refractivity contribution in [3.05, 3.63) is 0 Å². The maximum atomic E-state index is 10.9. The zero-order chi connectivity index (χ0) is 8.69. The number of carbonyl (C=O) groups excluding carboxylic acids is 1. The summed E-state index contributed by atoms with van der Waals surface area (Å²) in [5.74, 6) is -0.0791. The number of hydrogen-bond donors (Lipinski definition) is 1. The molecule has 0 saturated carbocycles. The van der Waals surface area contributed by atoms with Crippen molar-refractivity contribution in [3.63, 3.8) is 0 Å². The number of ether oxygens (including phenoxy) is 1. The summed E-state index contributed by atoms with van der Waals surface area (Å²) in [6, 6.07) is 0. The zero-order valence-corrected chi connectivity index (χ0v) is 7.17. The number of Topliss-reactive ketones (excluding diaryl/α,β-unsaturated/α-hetero) is 1. The standard InChI is InChI=1S/C8H16O3/c1-3-7(9)8(10)5-4-6-11-2/h7,9H,3-6H2,1-2H3. The minimum Gasteiger partial charge on any atom is -0.385 e. The van der Waals surface area contributed by atoms with Gasteiger partial charge in [0.15, 0.2) is 5.78 Å². The summed E-state index contributed by atoms with van der Waals surface area (Å²) in [5.41, 5.74) is 0. The average Bonchev–Trinajstić information content (AvgIpc) is 2.03. The molecule has 0 aromatic rings. The molecule has 0 aliphatic heterocycles. The van der Waals surface area contributed by atoms with Crippen molar-refractivity contribution in [2.24, 2.45) is 0 Å². The maximum absolute atomic E-state index is 10.9. The number of aliphatic hydroxyl groups excluding tert-OH is 1. The van der Waals surface area contributed by atoms with Crippen molar-refractivity contribution < 1.29 is 14.6 Å². The van der Waals surface area contributed by atoms with Gasteiger partial charge in [-0.25, -0.2) is 0 Å². The number of aliphatic hydroxyl groups is 1. The van der Waals surface area contributed by atoms with Crippen LogP contribution in [-0.2, 0) is 9.53 Å². The van der Waals surface area contributed by atoms with Crippen LogP contribution in [0.25, 0.3) is 0 Å². The molecule has 0 radical (unpaired) electrons. The number of hydrogen-bond acceptors (Lipinski definition) is 3. The summed E-state index contributed by atoms with van der Waals surface area (Å²) < 4.78 is 4.77. The molecule has 0 spiro atoms. The van der Waals surface area contributed by atoms with E-state index in [0.29, 0.717) is 25.9 Å². The monoisotopic (exact) mass is 160 g/mol. The van der Waals surface area contributed by atoms with Crippen molar-refractivity contribution in [2.45, 2.75) is 32.3 Å². The van der Waals surface area contributed by atoms with Gasteiger partial charge in [-0.2, -0.15) is 0 Å². The van der Waals surface area contributed by atoms with Crippen molar-refractivity contribution in [3.8, 4) is 0 Å². The molecule has 1 atom stereocenters. The Balaban J connectivity index is 3.36. The Labute approximate surface area is 67.4 Å². The molecule has 3 nitrogen and oxygen atoms in total. The van der Waals surface area contributed by atoms with Crippen LogP contribution in [0, 0.1) is 0 Å². The van der Waals surface area contributed by atoms with Crippen molar-refractivity contribution in [2.75, 3.05) is 13.7 Å². The van der Waals surface area contributed by atoms with E-state index in [1.54, 1.807) is 14.0 Å². The number of ketones is 1. The van der Waals surface area contributed by atoms with Crippen LogP contribution in [0.2, 0.25) is 0 Å². The molecule has 0 bridgehead atoms. The van der Waals surface area contributed by atoms with E-state index < -0.39 is 6.10 Å². The average molecular weight is 160 g/mol. The van der Waals surface area contributed by atoms with Gasteiger partial charge in [-0.3, -0.25) is 4.79 Å². The second-order valence-electron chi connectivity index (χ2n) is 2.49. The van der Waals surface area contributed by atoms with Crippen LogP contribution in [0.15, 0.2) is 0 Å². The Morgan fingerprint density at radius 1 is 1.64 bits per heavy atom. The van der Waals surface area contributed by atoms with E-state index >= 15 is 0 Å². The number of methoxy groups -OCH3 is 1. The van der Waals surface area contributed by atoms with E-state index in [0.717, 1.165) is 0 Å². The fourth-order valence-electron chi connectivity index (χ4n) is 0.785. The second kappa shape index (κ2) is 6.31. The van der Waals surface area contributed by atoms with Crippen LogP contribution < -0.4 is 0 Å². The summed E-state index contributed by atoms with van der Waals surface area (Å²) in [4.78, 5) is 10.9. The minimum atomic E-state index is -0.771. The quantitative estimate of drug-likeness (QED) is 0.583. The topological polar surface area (TPSA) is 46.5 Å². The molecular formula is C8H16O3. The van der Waals surface area contributed by atoms with Gasteiger partial charge in [-0.1, -0.05) is 6.92 Å². The van der Waals surface area contributed by atoms with Crippen LogP contribution in [0.4, 0.5) is 0 Å². The third kappa shape index (κ3) is 4.93. The molecule has 3 heteroatoms. The highest BCUT2D eigenvalue weighted by Gasteiger charge is 2.10. The first-order valence-electron chi connectivity index (χ1n) is 3.92. The Hall–Kier alpha value is -0.410. The van der Waals surface area contributed by atoms with Gasteiger partial charge < -0.3 is 9.84 Å². The lowest BCUT2D eigenvalue weighted by Crippen LogP contribution is -2.19. The molecule has 0 aromatic heterocycles. The minimum absolute atomic E-state index is 0.0791. The van der Waals surface area contributed by atoms with E-state index in [1.165, 1.54) is 0 Å². The predicted molar refractivity (Wildman–Crippen MR) is 42.4 cm³/mol. The molecule has 0 amide bonds. The van der Waals surface area contributed by atoms with Crippen LogP contribution in [0.1, 0.15) is 26.2 Å².